The van der Waals surface area contributed by atoms with E-state index in [2.05, 4.69) is 27.7 Å². The zero-order valence-corrected chi connectivity index (χ0v) is 12.5. The molecule has 18 heavy (non-hydrogen) atoms. The monoisotopic (exact) mass is 376 g/mol. The predicted octanol–water partition coefficient (Wildman–Crippen LogP) is 3.76. The molecule has 0 aromatic carbocycles. The maximum atomic E-state index is 12.2. The average molecular weight is 376 g/mol. The van der Waals surface area contributed by atoms with Gasteiger partial charge in [0, 0.05) is 6.54 Å². The Morgan fingerprint density at radius 2 is 2.17 bits per heavy atom. The summed E-state index contributed by atoms with van der Waals surface area (Å²) >= 11 is 2.06. The molecule has 0 fully saturated rings. The summed E-state index contributed by atoms with van der Waals surface area (Å²) in [6.45, 7) is 4.07. The predicted molar refractivity (Wildman–Crippen MR) is 70.2 cm³/mol. The lowest BCUT2D eigenvalue weighted by atomic mass is 10.3. The minimum atomic E-state index is -4.16. The van der Waals surface area contributed by atoms with E-state index in [0.29, 0.717) is 12.3 Å². The quantitative estimate of drug-likeness (QED) is 0.708. The Hall–Kier alpha value is -0.310. The van der Waals surface area contributed by atoms with Gasteiger partial charge >= 0.3 is 6.18 Å². The van der Waals surface area contributed by atoms with Gasteiger partial charge in [-0.1, -0.05) is 6.92 Å². The van der Waals surface area contributed by atoms with Crippen LogP contribution in [0, 0.1) is 3.57 Å². The van der Waals surface area contributed by atoms with Gasteiger partial charge in [0.25, 0.3) is 0 Å². The highest BCUT2D eigenvalue weighted by Crippen LogP contribution is 2.22. The standard InChI is InChI=1S/C11H16F3IN2O/c1-3-8(2)18-7-10-9(15)6-16-17(10)5-4-11(12,13)14/h6,8H,3-5,7H2,1-2H3/t8-/m1/s1. The third kappa shape index (κ3) is 5.13. The van der Waals surface area contributed by atoms with E-state index >= 15 is 0 Å². The summed E-state index contributed by atoms with van der Waals surface area (Å²) in [5.41, 5.74) is 0.708. The van der Waals surface area contributed by atoms with Gasteiger partial charge in [-0.3, -0.25) is 4.68 Å². The third-order valence-electron chi connectivity index (χ3n) is 2.58. The fourth-order valence-corrected chi connectivity index (χ4v) is 1.85. The molecule has 1 atom stereocenters. The van der Waals surface area contributed by atoms with E-state index in [0.717, 1.165) is 9.99 Å². The van der Waals surface area contributed by atoms with Crippen molar-refractivity contribution in [1.82, 2.24) is 9.78 Å². The highest BCUT2D eigenvalue weighted by molar-refractivity contribution is 14.1. The number of alkyl halides is 3. The lowest BCUT2D eigenvalue weighted by molar-refractivity contribution is -0.137. The van der Waals surface area contributed by atoms with E-state index in [1.165, 1.54) is 4.68 Å². The van der Waals surface area contributed by atoms with Crippen molar-refractivity contribution in [2.75, 3.05) is 0 Å². The van der Waals surface area contributed by atoms with E-state index in [9.17, 15) is 13.2 Å². The van der Waals surface area contributed by atoms with Gasteiger partial charge < -0.3 is 4.74 Å². The van der Waals surface area contributed by atoms with Crippen LogP contribution in [-0.4, -0.2) is 22.1 Å². The number of rotatable bonds is 6. The molecule has 0 aliphatic rings. The number of nitrogens with zero attached hydrogens (tertiary/aromatic N) is 2. The van der Waals surface area contributed by atoms with Crippen LogP contribution in [0.25, 0.3) is 0 Å². The van der Waals surface area contributed by atoms with Gasteiger partial charge in [0.05, 0.1) is 34.6 Å². The molecule has 104 valence electrons. The molecule has 0 spiro atoms. The topological polar surface area (TPSA) is 27.1 Å². The van der Waals surface area contributed by atoms with Gasteiger partial charge in [-0.05, 0) is 35.9 Å². The van der Waals surface area contributed by atoms with Crippen LogP contribution in [0.4, 0.5) is 13.2 Å². The number of hydrogen-bond acceptors (Lipinski definition) is 2. The summed E-state index contributed by atoms with van der Waals surface area (Å²) in [4.78, 5) is 0. The van der Waals surface area contributed by atoms with Gasteiger partial charge in [0.1, 0.15) is 0 Å². The van der Waals surface area contributed by atoms with Crippen LogP contribution in [0.1, 0.15) is 32.4 Å². The van der Waals surface area contributed by atoms with Crippen LogP contribution in [0.2, 0.25) is 0 Å². The Morgan fingerprint density at radius 3 is 2.72 bits per heavy atom. The Morgan fingerprint density at radius 1 is 1.50 bits per heavy atom. The second kappa shape index (κ2) is 6.74. The Kier molecular flexibility index (Phi) is 5.90. The molecule has 0 aliphatic carbocycles. The first-order valence-corrected chi connectivity index (χ1v) is 6.80. The first-order chi connectivity index (χ1) is 8.33. The van der Waals surface area contributed by atoms with E-state index < -0.39 is 12.6 Å². The van der Waals surface area contributed by atoms with Gasteiger partial charge in [0.15, 0.2) is 0 Å². The van der Waals surface area contributed by atoms with Crippen LogP contribution < -0.4 is 0 Å². The first kappa shape index (κ1) is 15.7. The molecule has 0 saturated heterocycles. The Bertz CT molecular complexity index is 379. The summed E-state index contributed by atoms with van der Waals surface area (Å²) < 4.78 is 44.3. The molecule has 3 nitrogen and oxygen atoms in total. The maximum absolute atomic E-state index is 12.2. The lowest BCUT2D eigenvalue weighted by Crippen LogP contribution is -2.16. The number of ether oxygens (including phenoxy) is 1. The molecular formula is C11H16F3IN2O. The molecule has 0 unspecified atom stereocenters. The SMILES string of the molecule is CC[C@@H](C)OCc1c(I)cnn1CCC(F)(F)F. The summed E-state index contributed by atoms with van der Waals surface area (Å²) in [5.74, 6) is 0. The van der Waals surface area contributed by atoms with Crippen LogP contribution in [0.15, 0.2) is 6.20 Å². The summed E-state index contributed by atoms with van der Waals surface area (Å²) in [7, 11) is 0. The molecule has 0 radical (unpaired) electrons. The van der Waals surface area contributed by atoms with E-state index in [-0.39, 0.29) is 12.6 Å². The summed E-state index contributed by atoms with van der Waals surface area (Å²) in [6.07, 6.45) is -2.51. The Labute approximate surface area is 118 Å². The van der Waals surface area contributed by atoms with Crippen molar-refractivity contribution in [3.05, 3.63) is 15.5 Å². The largest absolute Gasteiger partial charge is 0.390 e. The minimum absolute atomic E-state index is 0.0896. The van der Waals surface area contributed by atoms with Crippen molar-refractivity contribution >= 4 is 22.6 Å². The minimum Gasteiger partial charge on any atom is -0.372 e. The molecule has 1 aromatic heterocycles. The first-order valence-electron chi connectivity index (χ1n) is 5.72. The summed E-state index contributed by atoms with van der Waals surface area (Å²) in [5, 5.41) is 3.95. The third-order valence-corrected chi connectivity index (χ3v) is 3.49. The highest BCUT2D eigenvalue weighted by Gasteiger charge is 2.27. The molecule has 0 bridgehead atoms. The number of aromatic nitrogens is 2. The van der Waals surface area contributed by atoms with Crippen LogP contribution in [-0.2, 0) is 17.9 Å². The van der Waals surface area contributed by atoms with Crippen molar-refractivity contribution in [3.8, 4) is 0 Å². The van der Waals surface area contributed by atoms with Gasteiger partial charge in [-0.15, -0.1) is 0 Å². The number of halogens is 4. The van der Waals surface area contributed by atoms with E-state index in [4.69, 9.17) is 4.74 Å². The van der Waals surface area contributed by atoms with E-state index in [1.807, 2.05) is 13.8 Å². The smallest absolute Gasteiger partial charge is 0.372 e. The van der Waals surface area contributed by atoms with Crippen LogP contribution in [0.5, 0.6) is 0 Å². The van der Waals surface area contributed by atoms with Gasteiger partial charge in [0.2, 0.25) is 0 Å². The molecule has 1 heterocycles. The molecule has 1 aromatic rings. The molecular weight excluding hydrogens is 360 g/mol. The molecule has 0 amide bonds. The lowest BCUT2D eigenvalue weighted by Gasteiger charge is -2.13. The Balaban J connectivity index is 2.63. The van der Waals surface area contributed by atoms with Crippen molar-refractivity contribution in [2.45, 2.75) is 52.1 Å². The van der Waals surface area contributed by atoms with Crippen molar-refractivity contribution in [3.63, 3.8) is 0 Å². The molecule has 0 saturated carbocycles. The zero-order chi connectivity index (χ0) is 13.8. The zero-order valence-electron chi connectivity index (χ0n) is 10.3. The van der Waals surface area contributed by atoms with Crippen LogP contribution in [0.3, 0.4) is 0 Å². The van der Waals surface area contributed by atoms with Gasteiger partial charge in [-0.2, -0.15) is 18.3 Å². The summed E-state index contributed by atoms with van der Waals surface area (Å²) in [6, 6.07) is 0. The molecule has 0 aliphatic heterocycles. The molecule has 7 heteroatoms. The second-order valence-corrected chi connectivity index (χ2v) is 5.22. The highest BCUT2D eigenvalue weighted by atomic mass is 127. The van der Waals surface area contributed by atoms with Crippen molar-refractivity contribution in [2.24, 2.45) is 0 Å². The van der Waals surface area contributed by atoms with Crippen LogP contribution >= 0.6 is 22.6 Å². The van der Waals surface area contributed by atoms with Gasteiger partial charge in [-0.25, -0.2) is 0 Å². The maximum Gasteiger partial charge on any atom is 0.390 e. The van der Waals surface area contributed by atoms with Crippen molar-refractivity contribution < 1.29 is 17.9 Å². The normalized spacial score (nSPS) is 13.9. The fraction of sp³-hybridized carbons (Fsp3) is 0.727. The van der Waals surface area contributed by atoms with Crippen molar-refractivity contribution in [1.29, 1.82) is 0 Å². The van der Waals surface area contributed by atoms with E-state index in [1.54, 1.807) is 6.20 Å². The average Bonchev–Trinajstić information content (AvgIpc) is 2.63. The number of hydrogen-bond donors (Lipinski definition) is 0. The second-order valence-electron chi connectivity index (χ2n) is 4.06. The molecule has 0 N–H and O–H groups in total. The molecule has 1 rings (SSSR count). The fourth-order valence-electron chi connectivity index (χ4n) is 1.30. The number of aryl methyl sites for hydroxylation is 1.